The number of aromatic carboxylic acids is 2. The van der Waals surface area contributed by atoms with Gasteiger partial charge in [0.05, 0.1) is 11.1 Å². The van der Waals surface area contributed by atoms with Crippen molar-refractivity contribution in [3.05, 3.63) is 108 Å². The van der Waals surface area contributed by atoms with Crippen LogP contribution in [0.25, 0.3) is 33.4 Å². The van der Waals surface area contributed by atoms with Crippen molar-refractivity contribution in [1.82, 2.24) is 0 Å². The summed E-state index contributed by atoms with van der Waals surface area (Å²) in [7, 11) is 0. The lowest BCUT2D eigenvalue weighted by Crippen LogP contribution is -2.04. The zero-order valence-corrected chi connectivity index (χ0v) is 16.9. The van der Waals surface area contributed by atoms with E-state index in [9.17, 15) is 19.8 Å². The highest BCUT2D eigenvalue weighted by atomic mass is 16.4. The summed E-state index contributed by atoms with van der Waals surface area (Å²) in [4.78, 5) is 23.9. The van der Waals surface area contributed by atoms with Gasteiger partial charge in [0.15, 0.2) is 0 Å². The molecule has 0 aliphatic rings. The summed E-state index contributed by atoms with van der Waals surface area (Å²) in [6, 6.07) is 27.1. The fourth-order valence-corrected chi connectivity index (χ4v) is 3.70. The number of terminal acetylenes is 1. The highest BCUT2D eigenvalue weighted by Gasteiger charge is 2.19. The number of carboxylic acid groups (broad SMARTS) is 2. The number of carboxylic acids is 2. The number of benzene rings is 4. The Balaban J connectivity index is 2.03. The van der Waals surface area contributed by atoms with Gasteiger partial charge in [-0.2, -0.15) is 0 Å². The number of hydrogen-bond acceptors (Lipinski definition) is 2. The van der Waals surface area contributed by atoms with Crippen LogP contribution in [0.4, 0.5) is 0 Å². The maximum absolute atomic E-state index is 12.0. The van der Waals surface area contributed by atoms with Crippen molar-refractivity contribution in [2.75, 3.05) is 0 Å². The van der Waals surface area contributed by atoms with Crippen LogP contribution >= 0.6 is 0 Å². The van der Waals surface area contributed by atoms with Crippen LogP contribution < -0.4 is 0 Å². The van der Waals surface area contributed by atoms with E-state index in [1.165, 1.54) is 6.07 Å². The van der Waals surface area contributed by atoms with E-state index in [0.717, 1.165) is 11.1 Å². The summed E-state index contributed by atoms with van der Waals surface area (Å²) >= 11 is 0. The molecule has 0 saturated carbocycles. The quantitative estimate of drug-likeness (QED) is 0.386. The third-order valence-corrected chi connectivity index (χ3v) is 5.22. The van der Waals surface area contributed by atoms with Crippen LogP contribution in [0.1, 0.15) is 26.3 Å². The van der Waals surface area contributed by atoms with Gasteiger partial charge >= 0.3 is 11.9 Å². The Morgan fingerprint density at radius 2 is 1.16 bits per heavy atom. The summed E-state index contributed by atoms with van der Waals surface area (Å²) in [5, 5.41) is 19.5. The van der Waals surface area contributed by atoms with Gasteiger partial charge in [0.1, 0.15) is 0 Å². The maximum atomic E-state index is 12.0. The molecule has 0 bridgehead atoms. The number of hydrogen-bond donors (Lipinski definition) is 2. The van der Waals surface area contributed by atoms with E-state index in [1.807, 2.05) is 72.8 Å². The average molecular weight is 418 g/mol. The molecule has 32 heavy (non-hydrogen) atoms. The van der Waals surface area contributed by atoms with E-state index >= 15 is 0 Å². The summed E-state index contributed by atoms with van der Waals surface area (Å²) in [6.45, 7) is 0. The lowest BCUT2D eigenvalue weighted by molar-refractivity contribution is 0.0686. The summed E-state index contributed by atoms with van der Waals surface area (Å²) in [5.41, 5.74) is 4.37. The summed E-state index contributed by atoms with van der Waals surface area (Å²) < 4.78 is 0. The monoisotopic (exact) mass is 418 g/mol. The highest BCUT2D eigenvalue weighted by Crippen LogP contribution is 2.35. The van der Waals surface area contributed by atoms with Crippen LogP contribution in [0.3, 0.4) is 0 Å². The zero-order valence-electron chi connectivity index (χ0n) is 16.9. The Hall–Kier alpha value is -4.62. The normalized spacial score (nSPS) is 10.3. The third-order valence-electron chi connectivity index (χ3n) is 5.22. The van der Waals surface area contributed by atoms with E-state index in [4.69, 9.17) is 6.42 Å². The van der Waals surface area contributed by atoms with Crippen molar-refractivity contribution >= 4 is 11.9 Å². The highest BCUT2D eigenvalue weighted by molar-refractivity contribution is 5.98. The predicted molar refractivity (Wildman–Crippen MR) is 125 cm³/mol. The first-order valence-electron chi connectivity index (χ1n) is 9.85. The molecule has 0 heterocycles. The first-order chi connectivity index (χ1) is 15.5. The van der Waals surface area contributed by atoms with Crippen LogP contribution in [0.2, 0.25) is 0 Å². The van der Waals surface area contributed by atoms with Gasteiger partial charge in [0.25, 0.3) is 0 Å². The molecule has 0 radical (unpaired) electrons. The second-order valence-corrected chi connectivity index (χ2v) is 7.23. The zero-order chi connectivity index (χ0) is 22.7. The second-order valence-electron chi connectivity index (χ2n) is 7.23. The molecule has 0 atom stereocenters. The van der Waals surface area contributed by atoms with Crippen LogP contribution in [-0.4, -0.2) is 22.2 Å². The molecule has 2 N–H and O–H groups in total. The minimum Gasteiger partial charge on any atom is -0.478 e. The largest absolute Gasteiger partial charge is 0.478 e. The maximum Gasteiger partial charge on any atom is 0.337 e. The Labute approximate surface area is 185 Å². The molecule has 4 aromatic carbocycles. The van der Waals surface area contributed by atoms with E-state index in [-0.39, 0.29) is 16.7 Å². The molecule has 4 heteroatoms. The van der Waals surface area contributed by atoms with Crippen LogP contribution in [-0.2, 0) is 0 Å². The first-order valence-corrected chi connectivity index (χ1v) is 9.85. The Morgan fingerprint density at radius 1 is 0.625 bits per heavy atom. The van der Waals surface area contributed by atoms with Gasteiger partial charge in [-0.3, -0.25) is 0 Å². The minimum atomic E-state index is -1.14. The number of rotatable bonds is 5. The average Bonchev–Trinajstić information content (AvgIpc) is 2.83. The molecule has 0 spiro atoms. The molecule has 0 aliphatic heterocycles. The molecule has 0 unspecified atom stereocenters. The standard InChI is InChI=1S/C28H18O4/c1-2-24-25(16-21(17-26(24)28(31)32)19-11-7-4-8-12-19)22-13-20(14-23(15-22)27(29)30)18-9-5-3-6-10-18/h1,3-17H,(H,29,30)(H,31,32). The van der Waals surface area contributed by atoms with Gasteiger partial charge in [0, 0.05) is 5.56 Å². The molecule has 0 fully saturated rings. The Morgan fingerprint density at radius 3 is 1.66 bits per heavy atom. The molecule has 0 aliphatic carbocycles. The van der Waals surface area contributed by atoms with Gasteiger partial charge in [0.2, 0.25) is 0 Å². The molecular weight excluding hydrogens is 400 g/mol. The fraction of sp³-hybridized carbons (Fsp3) is 0. The van der Waals surface area contributed by atoms with Gasteiger partial charge in [-0.25, -0.2) is 9.59 Å². The molecule has 0 saturated heterocycles. The van der Waals surface area contributed by atoms with Crippen molar-refractivity contribution in [3.63, 3.8) is 0 Å². The smallest absolute Gasteiger partial charge is 0.337 e. The fourth-order valence-electron chi connectivity index (χ4n) is 3.70. The van der Waals surface area contributed by atoms with E-state index < -0.39 is 11.9 Å². The minimum absolute atomic E-state index is 0.00848. The van der Waals surface area contributed by atoms with Gasteiger partial charge in [-0.15, -0.1) is 6.42 Å². The van der Waals surface area contributed by atoms with Gasteiger partial charge in [-0.1, -0.05) is 66.6 Å². The molecule has 0 aromatic heterocycles. The summed E-state index contributed by atoms with van der Waals surface area (Å²) in [5.74, 6) is 0.279. The number of carbonyl (C=O) groups is 2. The first kappa shape index (κ1) is 20.6. The van der Waals surface area contributed by atoms with E-state index in [2.05, 4.69) is 5.92 Å². The second kappa shape index (κ2) is 8.63. The van der Waals surface area contributed by atoms with E-state index in [0.29, 0.717) is 22.3 Å². The van der Waals surface area contributed by atoms with Crippen LogP contribution in [0.15, 0.2) is 91.0 Å². The molecule has 4 aromatic rings. The lowest BCUT2D eigenvalue weighted by Gasteiger charge is -2.14. The Kier molecular flexibility index (Phi) is 5.57. The third kappa shape index (κ3) is 4.00. The van der Waals surface area contributed by atoms with Crippen molar-refractivity contribution in [2.45, 2.75) is 0 Å². The van der Waals surface area contributed by atoms with Crippen molar-refractivity contribution in [3.8, 4) is 45.7 Å². The molecular formula is C28H18O4. The van der Waals surface area contributed by atoms with Crippen LogP contribution in [0, 0.1) is 12.3 Å². The van der Waals surface area contributed by atoms with Crippen LogP contribution in [0.5, 0.6) is 0 Å². The summed E-state index contributed by atoms with van der Waals surface area (Å²) in [6.07, 6.45) is 5.73. The molecule has 0 amide bonds. The van der Waals surface area contributed by atoms with Gasteiger partial charge in [-0.05, 0) is 63.7 Å². The molecule has 4 rings (SSSR count). The van der Waals surface area contributed by atoms with Crippen molar-refractivity contribution in [1.29, 1.82) is 0 Å². The topological polar surface area (TPSA) is 74.6 Å². The Bertz CT molecular complexity index is 1360. The molecule has 4 nitrogen and oxygen atoms in total. The van der Waals surface area contributed by atoms with Gasteiger partial charge < -0.3 is 10.2 Å². The predicted octanol–water partition coefficient (Wildman–Crippen LogP) is 6.07. The van der Waals surface area contributed by atoms with Crippen molar-refractivity contribution < 1.29 is 19.8 Å². The lowest BCUT2D eigenvalue weighted by atomic mass is 9.88. The van der Waals surface area contributed by atoms with E-state index in [1.54, 1.807) is 12.1 Å². The van der Waals surface area contributed by atoms with Crippen molar-refractivity contribution in [2.24, 2.45) is 0 Å². The molecule has 154 valence electrons. The SMILES string of the molecule is C#Cc1c(C(=O)O)cc(-c2ccccc2)cc1-c1cc(C(=O)O)cc(-c2ccccc2)c1.